The first-order valence-electron chi connectivity index (χ1n) is 16.4. The highest BCUT2D eigenvalue weighted by atomic mass is 16.5. The Morgan fingerprint density at radius 2 is 0.526 bits per heavy atom. The number of rotatable bonds is 27. The highest BCUT2D eigenvalue weighted by Gasteiger charge is 1.93. The molecule has 0 aromatic carbocycles. The summed E-state index contributed by atoms with van der Waals surface area (Å²) in [5.41, 5.74) is 14.8. The van der Waals surface area contributed by atoms with Crippen LogP contribution in [0.2, 0.25) is 0 Å². The molecular formula is C32H58N4O21+2. The fourth-order valence-electron chi connectivity index (χ4n) is 2.04. The topological polar surface area (TPSA) is 461 Å². The van der Waals surface area contributed by atoms with Gasteiger partial charge < -0.3 is 97.1 Å². The van der Waals surface area contributed by atoms with Gasteiger partial charge in [-0.25, -0.2) is 28.8 Å². The van der Waals surface area contributed by atoms with Crippen LogP contribution in [-0.4, -0.2) is 171 Å². The molecular weight excluding hydrogens is 776 g/mol. The summed E-state index contributed by atoms with van der Waals surface area (Å²) in [6.07, 6.45) is 6.16. The summed E-state index contributed by atoms with van der Waals surface area (Å²) in [4.78, 5) is 76.2. The van der Waals surface area contributed by atoms with E-state index in [1.807, 2.05) is 0 Å². The van der Waals surface area contributed by atoms with Crippen LogP contribution >= 0.6 is 0 Å². The van der Waals surface area contributed by atoms with E-state index in [-0.39, 0.29) is 0 Å². The number of carbonyl (C=O) groups is 8. The SMILES string of the molecule is O=C(O)/C=C\C(=O)O.O=C(O)/C=C\C(=O)O.O=C([O-])/C=C\C(=O)O.O=C([O-])/C=C\C(=O)O.[NH3+]CCCOCCOCCOCCC[NH3+].[NH3+]CCOCCOCC[NH3+]. The van der Waals surface area contributed by atoms with E-state index in [4.69, 9.17) is 54.3 Å². The molecule has 0 fully saturated rings. The number of carboxylic acid groups (broad SMARTS) is 8. The molecule has 57 heavy (non-hydrogen) atoms. The Morgan fingerprint density at radius 3 is 0.684 bits per heavy atom. The largest absolute Gasteiger partial charge is 0.545 e. The predicted octanol–water partition coefficient (Wildman–Crippen LogP) is -8.02. The summed E-state index contributed by atoms with van der Waals surface area (Å²) in [6, 6.07) is 0. The van der Waals surface area contributed by atoms with Crippen molar-refractivity contribution in [2.24, 2.45) is 0 Å². The molecule has 0 bridgehead atoms. The number of carbonyl (C=O) groups excluding carboxylic acids is 2. The maximum absolute atomic E-state index is 9.55. The van der Waals surface area contributed by atoms with Crippen LogP contribution in [0.25, 0.3) is 0 Å². The number of hydrogen-bond donors (Lipinski definition) is 10. The van der Waals surface area contributed by atoms with E-state index >= 15 is 0 Å². The van der Waals surface area contributed by atoms with Gasteiger partial charge in [-0.1, -0.05) is 0 Å². The van der Waals surface area contributed by atoms with Gasteiger partial charge in [0, 0.05) is 49.3 Å². The van der Waals surface area contributed by atoms with E-state index < -0.39 is 47.8 Å². The molecule has 0 atom stereocenters. The minimum Gasteiger partial charge on any atom is -0.545 e. The molecule has 330 valence electrons. The molecule has 0 aliphatic carbocycles. The van der Waals surface area contributed by atoms with Crippen molar-refractivity contribution >= 4 is 47.8 Å². The Morgan fingerprint density at radius 1 is 0.333 bits per heavy atom. The van der Waals surface area contributed by atoms with Crippen LogP contribution in [0.1, 0.15) is 12.8 Å². The first kappa shape index (κ1) is 63.3. The van der Waals surface area contributed by atoms with Crippen molar-refractivity contribution in [3.05, 3.63) is 48.6 Å². The summed E-state index contributed by atoms with van der Waals surface area (Å²) >= 11 is 0. The molecule has 0 aromatic rings. The molecule has 25 heteroatoms. The number of aliphatic carboxylic acids is 8. The Labute approximate surface area is 327 Å². The van der Waals surface area contributed by atoms with Crippen molar-refractivity contribution in [2.45, 2.75) is 12.8 Å². The van der Waals surface area contributed by atoms with Gasteiger partial charge in [-0.05, 0) is 12.2 Å². The Balaban J connectivity index is -0.000000140. The molecule has 0 aliphatic heterocycles. The predicted molar refractivity (Wildman–Crippen MR) is 187 cm³/mol. The van der Waals surface area contributed by atoms with Crippen molar-refractivity contribution in [1.82, 2.24) is 0 Å². The Kier molecular flexibility index (Phi) is 60.8. The van der Waals surface area contributed by atoms with E-state index in [0.29, 0.717) is 88.2 Å². The summed E-state index contributed by atoms with van der Waals surface area (Å²) in [6.45, 7) is 10.5. The minimum absolute atomic E-state index is 0.447. The van der Waals surface area contributed by atoms with E-state index in [1.165, 1.54) is 0 Å². The van der Waals surface area contributed by atoms with E-state index in [0.717, 1.165) is 65.4 Å². The van der Waals surface area contributed by atoms with Gasteiger partial charge in [-0.3, -0.25) is 0 Å². The molecule has 0 aliphatic rings. The highest BCUT2D eigenvalue weighted by molar-refractivity contribution is 5.90. The van der Waals surface area contributed by atoms with Crippen molar-refractivity contribution in [3.63, 3.8) is 0 Å². The first-order chi connectivity index (χ1) is 26.8. The fraction of sp³-hybridized carbons (Fsp3) is 0.500. The molecule has 18 N–H and O–H groups in total. The maximum Gasteiger partial charge on any atom is 0.328 e. The summed E-state index contributed by atoms with van der Waals surface area (Å²) in [5.74, 6) is -10.6. The van der Waals surface area contributed by atoms with Crippen LogP contribution < -0.4 is 33.1 Å². The zero-order chi connectivity index (χ0) is 45.1. The Bertz CT molecular complexity index is 957. The molecule has 0 saturated heterocycles. The average molecular weight is 835 g/mol. The lowest BCUT2D eigenvalue weighted by Gasteiger charge is -2.05. The normalized spacial score (nSPS) is 9.96. The van der Waals surface area contributed by atoms with Gasteiger partial charge in [-0.15, -0.1) is 0 Å². The van der Waals surface area contributed by atoms with Gasteiger partial charge in [0.1, 0.15) is 0 Å². The standard InChI is InChI=1S/C10H24N2O3.C6H16N2O2.4C4H4O4/c11-3-1-5-13-7-9-15-10-8-14-6-2-4-12;7-1-3-9-5-6-10-4-2-8;4*5-3(6)1-2-4(7)8/h1-12H2;1-8H2;4*1-2H,(H,5,6)(H,7,8)/p+2/b;;4*2-1-. The lowest BCUT2D eigenvalue weighted by atomic mass is 10.5. The van der Waals surface area contributed by atoms with Crippen LogP contribution in [0, 0.1) is 0 Å². The van der Waals surface area contributed by atoms with Crippen molar-refractivity contribution in [3.8, 4) is 0 Å². The van der Waals surface area contributed by atoms with Gasteiger partial charge >= 0.3 is 35.8 Å². The van der Waals surface area contributed by atoms with Crippen molar-refractivity contribution in [2.75, 3.05) is 92.2 Å². The van der Waals surface area contributed by atoms with Crippen LogP contribution in [0.4, 0.5) is 0 Å². The Hall–Kier alpha value is -5.64. The second kappa shape index (κ2) is 54.7. The third kappa shape index (κ3) is 106. The molecule has 0 radical (unpaired) electrons. The summed E-state index contributed by atoms with van der Waals surface area (Å²) < 4.78 is 26.2. The van der Waals surface area contributed by atoms with Gasteiger partial charge in [0.25, 0.3) is 0 Å². The molecule has 0 aromatic heterocycles. The van der Waals surface area contributed by atoms with Crippen LogP contribution in [0.5, 0.6) is 0 Å². The molecule has 25 nitrogen and oxygen atoms in total. The van der Waals surface area contributed by atoms with Gasteiger partial charge in [0.2, 0.25) is 0 Å². The van der Waals surface area contributed by atoms with Crippen LogP contribution in [0.3, 0.4) is 0 Å². The molecule has 0 spiro atoms. The van der Waals surface area contributed by atoms with Crippen molar-refractivity contribution < 1.29 is 126 Å². The highest BCUT2D eigenvalue weighted by Crippen LogP contribution is 1.84. The monoisotopic (exact) mass is 834 g/mol. The quantitative estimate of drug-likeness (QED) is 0.0271. The van der Waals surface area contributed by atoms with Crippen LogP contribution in [0.15, 0.2) is 48.6 Å². The van der Waals surface area contributed by atoms with E-state index in [9.17, 15) is 48.6 Å². The smallest absolute Gasteiger partial charge is 0.328 e. The maximum atomic E-state index is 9.55. The minimum atomic E-state index is -1.51. The van der Waals surface area contributed by atoms with Crippen molar-refractivity contribution in [1.29, 1.82) is 0 Å². The molecule has 0 rings (SSSR count). The number of quaternary nitrogens is 4. The number of ether oxygens (including phenoxy) is 5. The van der Waals surface area contributed by atoms with Gasteiger partial charge in [0.15, 0.2) is 0 Å². The van der Waals surface area contributed by atoms with Gasteiger partial charge in [0.05, 0.1) is 104 Å². The van der Waals surface area contributed by atoms with E-state index in [2.05, 4.69) is 22.9 Å². The molecule has 0 unspecified atom stereocenters. The zero-order valence-corrected chi connectivity index (χ0v) is 31.6. The lowest BCUT2D eigenvalue weighted by molar-refractivity contribution is -0.376. The fourth-order valence-corrected chi connectivity index (χ4v) is 2.04. The second-order valence-electron chi connectivity index (χ2n) is 9.18. The number of carboxylic acids is 8. The average Bonchev–Trinajstić information content (AvgIpc) is 3.13. The zero-order valence-electron chi connectivity index (χ0n) is 31.6. The molecule has 0 saturated carbocycles. The number of hydrogen-bond acceptors (Lipinski definition) is 15. The van der Waals surface area contributed by atoms with E-state index in [1.54, 1.807) is 0 Å². The third-order valence-corrected chi connectivity index (χ3v) is 4.23. The summed E-state index contributed by atoms with van der Waals surface area (Å²) in [7, 11) is 0. The molecule has 0 amide bonds. The second-order valence-corrected chi connectivity index (χ2v) is 9.18. The lowest BCUT2D eigenvalue weighted by Crippen LogP contribution is -2.52. The van der Waals surface area contributed by atoms with Gasteiger partial charge in [-0.2, -0.15) is 0 Å². The van der Waals surface area contributed by atoms with Crippen LogP contribution in [-0.2, 0) is 62.0 Å². The third-order valence-electron chi connectivity index (χ3n) is 4.23. The first-order valence-corrected chi connectivity index (χ1v) is 16.4. The molecule has 0 heterocycles. The summed E-state index contributed by atoms with van der Waals surface area (Å²) in [5, 5.41) is 65.7.